The van der Waals surface area contributed by atoms with Gasteiger partial charge in [-0.3, -0.25) is 9.59 Å². The van der Waals surface area contributed by atoms with E-state index in [1.807, 2.05) is 0 Å². The smallest absolute Gasteiger partial charge is 0.210 e. The van der Waals surface area contributed by atoms with Crippen molar-refractivity contribution in [1.82, 2.24) is 5.32 Å². The summed E-state index contributed by atoms with van der Waals surface area (Å²) in [6.07, 6.45) is 3.36. The minimum atomic E-state index is -0.145. The van der Waals surface area contributed by atoms with Gasteiger partial charge < -0.3 is 5.32 Å². The highest BCUT2D eigenvalue weighted by Gasteiger charge is 2.31. The molecule has 0 atom stereocenters. The predicted octanol–water partition coefficient (Wildman–Crippen LogP) is 2.97. The number of hydrogen-bond donors (Lipinski definition) is 1. The number of Topliss-reactive ketones (excluding diaryl/α,β-unsaturated/α-hetero) is 2. The van der Waals surface area contributed by atoms with Crippen molar-refractivity contribution in [2.24, 2.45) is 0 Å². The molecule has 3 nitrogen and oxygen atoms in total. The van der Waals surface area contributed by atoms with Gasteiger partial charge in [0.1, 0.15) is 5.70 Å². The van der Waals surface area contributed by atoms with Crippen LogP contribution in [0.2, 0.25) is 0 Å². The summed E-state index contributed by atoms with van der Waals surface area (Å²) in [4.78, 5) is 25.5. The minimum Gasteiger partial charge on any atom is -0.377 e. The maximum absolute atomic E-state index is 12.5. The standard InChI is InChI=1S/C16H15NO2S/c1-3-9-17-13-14(18)11-7-5-6-8-12(11)15(19)16(13)20-10-4-2/h3-8,17H,1-2,9-10H2. The third-order valence-electron chi connectivity index (χ3n) is 2.85. The molecular weight excluding hydrogens is 270 g/mol. The largest absolute Gasteiger partial charge is 0.377 e. The highest BCUT2D eigenvalue weighted by molar-refractivity contribution is 8.04. The Morgan fingerprint density at radius 3 is 2.30 bits per heavy atom. The Kier molecular flexibility index (Phi) is 4.58. The van der Waals surface area contributed by atoms with E-state index in [1.165, 1.54) is 11.8 Å². The van der Waals surface area contributed by atoms with Crippen molar-refractivity contribution in [2.45, 2.75) is 0 Å². The molecule has 4 heteroatoms. The maximum Gasteiger partial charge on any atom is 0.210 e. The number of carbonyl (C=O) groups excluding carboxylic acids is 2. The van der Waals surface area contributed by atoms with E-state index in [0.717, 1.165) is 0 Å². The number of carbonyl (C=O) groups is 2. The van der Waals surface area contributed by atoms with E-state index in [1.54, 1.807) is 36.4 Å². The van der Waals surface area contributed by atoms with E-state index in [0.29, 0.717) is 34.0 Å². The van der Waals surface area contributed by atoms with Crippen LogP contribution in [0.15, 0.2) is 60.2 Å². The van der Waals surface area contributed by atoms with Crippen molar-refractivity contribution < 1.29 is 9.59 Å². The van der Waals surface area contributed by atoms with Gasteiger partial charge >= 0.3 is 0 Å². The number of thioether (sulfide) groups is 1. The van der Waals surface area contributed by atoms with Gasteiger partial charge in [-0.05, 0) is 0 Å². The van der Waals surface area contributed by atoms with E-state index in [4.69, 9.17) is 0 Å². The Morgan fingerprint density at radius 1 is 1.05 bits per heavy atom. The molecule has 0 spiro atoms. The Hall–Kier alpha value is -2.07. The van der Waals surface area contributed by atoms with Crippen LogP contribution in [-0.2, 0) is 0 Å². The maximum atomic E-state index is 12.5. The molecule has 0 amide bonds. The van der Waals surface area contributed by atoms with Crippen LogP contribution in [-0.4, -0.2) is 23.9 Å². The van der Waals surface area contributed by atoms with Crippen molar-refractivity contribution in [1.29, 1.82) is 0 Å². The summed E-state index contributed by atoms with van der Waals surface area (Å²) < 4.78 is 0. The molecule has 0 saturated carbocycles. The van der Waals surface area contributed by atoms with Crippen LogP contribution in [0.4, 0.5) is 0 Å². The SMILES string of the molecule is C=CCNC1=C(SCC=C)C(=O)c2ccccc2C1=O. The van der Waals surface area contributed by atoms with Crippen LogP contribution >= 0.6 is 11.8 Å². The lowest BCUT2D eigenvalue weighted by molar-refractivity contribution is 0.0976. The first-order valence-corrected chi connectivity index (χ1v) is 7.20. The fourth-order valence-corrected chi connectivity index (χ4v) is 2.80. The molecule has 0 aliphatic heterocycles. The highest BCUT2D eigenvalue weighted by atomic mass is 32.2. The van der Waals surface area contributed by atoms with E-state index in [9.17, 15) is 9.59 Å². The summed E-state index contributed by atoms with van der Waals surface area (Å²) in [5.41, 5.74) is 1.28. The Morgan fingerprint density at radius 2 is 1.70 bits per heavy atom. The number of rotatable bonds is 6. The van der Waals surface area contributed by atoms with Gasteiger partial charge in [-0.15, -0.1) is 24.9 Å². The number of hydrogen-bond acceptors (Lipinski definition) is 4. The molecule has 0 heterocycles. The molecule has 1 aliphatic carbocycles. The summed E-state index contributed by atoms with van der Waals surface area (Å²) in [5.74, 6) is 0.322. The van der Waals surface area contributed by atoms with Crippen molar-refractivity contribution >= 4 is 23.3 Å². The molecular formula is C16H15NO2S. The van der Waals surface area contributed by atoms with Gasteiger partial charge in [0.15, 0.2) is 0 Å². The van der Waals surface area contributed by atoms with Crippen LogP contribution < -0.4 is 5.32 Å². The van der Waals surface area contributed by atoms with Gasteiger partial charge in [-0.1, -0.05) is 36.4 Å². The van der Waals surface area contributed by atoms with Crippen LogP contribution in [0.3, 0.4) is 0 Å². The second-order valence-corrected chi connectivity index (χ2v) is 5.21. The molecule has 0 unspecified atom stereocenters. The zero-order valence-corrected chi connectivity index (χ0v) is 11.8. The topological polar surface area (TPSA) is 46.2 Å². The molecule has 0 aromatic heterocycles. The molecule has 20 heavy (non-hydrogen) atoms. The Labute approximate surface area is 122 Å². The lowest BCUT2D eigenvalue weighted by Crippen LogP contribution is -2.29. The molecule has 0 radical (unpaired) electrons. The lowest BCUT2D eigenvalue weighted by Gasteiger charge is -2.20. The summed E-state index contributed by atoms with van der Waals surface area (Å²) in [6.45, 7) is 7.70. The monoisotopic (exact) mass is 285 g/mol. The van der Waals surface area contributed by atoms with Crippen LogP contribution in [0.5, 0.6) is 0 Å². The second kappa shape index (κ2) is 6.39. The van der Waals surface area contributed by atoms with Gasteiger partial charge in [0.2, 0.25) is 11.6 Å². The first-order chi connectivity index (χ1) is 9.70. The zero-order chi connectivity index (χ0) is 14.5. The van der Waals surface area contributed by atoms with E-state index >= 15 is 0 Å². The number of nitrogens with one attached hydrogen (secondary N) is 1. The molecule has 1 N–H and O–H groups in total. The average Bonchev–Trinajstić information content (AvgIpc) is 2.48. The predicted molar refractivity (Wildman–Crippen MR) is 83.0 cm³/mol. The molecule has 0 saturated heterocycles. The molecule has 1 aliphatic rings. The third kappa shape index (κ3) is 2.60. The Bertz CT molecular complexity index is 564. The molecule has 1 aromatic carbocycles. The first kappa shape index (κ1) is 14.3. The lowest BCUT2D eigenvalue weighted by atomic mass is 9.92. The molecule has 102 valence electrons. The number of benzene rings is 1. The number of ketones is 2. The Balaban J connectivity index is 2.48. The molecule has 1 aromatic rings. The third-order valence-corrected chi connectivity index (χ3v) is 3.93. The summed E-state index contributed by atoms with van der Waals surface area (Å²) in [6, 6.07) is 6.90. The van der Waals surface area contributed by atoms with Crippen molar-refractivity contribution in [2.75, 3.05) is 12.3 Å². The van der Waals surface area contributed by atoms with E-state index < -0.39 is 0 Å². The fraction of sp³-hybridized carbons (Fsp3) is 0.125. The zero-order valence-electron chi connectivity index (χ0n) is 11.0. The second-order valence-electron chi connectivity index (χ2n) is 4.18. The summed E-state index contributed by atoms with van der Waals surface area (Å²) in [7, 11) is 0. The summed E-state index contributed by atoms with van der Waals surface area (Å²) in [5, 5.41) is 2.99. The quantitative estimate of drug-likeness (QED) is 0.816. The normalized spacial score (nSPS) is 14.0. The van der Waals surface area contributed by atoms with Crippen molar-refractivity contribution in [3.63, 3.8) is 0 Å². The van der Waals surface area contributed by atoms with Gasteiger partial charge in [-0.25, -0.2) is 0 Å². The van der Waals surface area contributed by atoms with E-state index in [2.05, 4.69) is 18.5 Å². The van der Waals surface area contributed by atoms with E-state index in [-0.39, 0.29) is 11.6 Å². The fourth-order valence-electron chi connectivity index (χ4n) is 1.97. The van der Waals surface area contributed by atoms with Crippen LogP contribution in [0.25, 0.3) is 0 Å². The summed E-state index contributed by atoms with van der Waals surface area (Å²) >= 11 is 1.33. The van der Waals surface area contributed by atoms with Crippen LogP contribution in [0.1, 0.15) is 20.7 Å². The van der Waals surface area contributed by atoms with Gasteiger partial charge in [0.05, 0.1) is 4.91 Å². The number of fused-ring (bicyclic) bond motifs is 1. The van der Waals surface area contributed by atoms with Gasteiger partial charge in [-0.2, -0.15) is 0 Å². The van der Waals surface area contributed by atoms with Crippen LogP contribution in [0, 0.1) is 0 Å². The minimum absolute atomic E-state index is 0.112. The van der Waals surface area contributed by atoms with Gasteiger partial charge in [0.25, 0.3) is 0 Å². The highest BCUT2D eigenvalue weighted by Crippen LogP contribution is 2.31. The van der Waals surface area contributed by atoms with Crippen molar-refractivity contribution in [3.05, 3.63) is 71.3 Å². The van der Waals surface area contributed by atoms with Crippen molar-refractivity contribution in [3.8, 4) is 0 Å². The molecule has 2 rings (SSSR count). The average molecular weight is 285 g/mol. The molecule has 0 bridgehead atoms. The number of allylic oxidation sites excluding steroid dienone is 2. The molecule has 0 fully saturated rings. The first-order valence-electron chi connectivity index (χ1n) is 6.21. The van der Waals surface area contributed by atoms with Gasteiger partial charge in [0, 0.05) is 23.4 Å².